The Balaban J connectivity index is 2.34. The van der Waals surface area contributed by atoms with Crippen LogP contribution in [0.2, 0.25) is 0 Å². The molecule has 0 saturated carbocycles. The number of rotatable bonds is 0. The van der Waals surface area contributed by atoms with E-state index >= 15 is 0 Å². The van der Waals surface area contributed by atoms with Crippen LogP contribution in [0.3, 0.4) is 0 Å². The molecule has 0 aliphatic carbocycles. The SMILES string of the molecule is CC1=CN(Cl)C[NH+]2C=CN=C12. The van der Waals surface area contributed by atoms with Crippen molar-refractivity contribution in [1.82, 2.24) is 4.42 Å². The molecule has 0 bridgehead atoms. The Morgan fingerprint density at radius 2 is 2.55 bits per heavy atom. The number of halogens is 1. The topological polar surface area (TPSA) is 20.0 Å². The van der Waals surface area contributed by atoms with Crippen molar-refractivity contribution in [1.29, 1.82) is 0 Å². The zero-order valence-corrected chi connectivity index (χ0v) is 6.97. The molecule has 0 saturated heterocycles. The Labute approximate surface area is 70.4 Å². The van der Waals surface area contributed by atoms with E-state index in [-0.39, 0.29) is 0 Å². The zero-order chi connectivity index (χ0) is 7.84. The molecule has 0 radical (unpaired) electrons. The number of aliphatic imine (C=N–C) groups is 1. The minimum absolute atomic E-state index is 0.758. The average Bonchev–Trinajstić information content (AvgIpc) is 2.34. The maximum absolute atomic E-state index is 5.83. The van der Waals surface area contributed by atoms with E-state index in [0.717, 1.165) is 18.1 Å². The fourth-order valence-electron chi connectivity index (χ4n) is 1.33. The van der Waals surface area contributed by atoms with E-state index in [2.05, 4.69) is 4.99 Å². The summed E-state index contributed by atoms with van der Waals surface area (Å²) in [5.41, 5.74) is 1.13. The van der Waals surface area contributed by atoms with Crippen molar-refractivity contribution in [3.8, 4) is 0 Å². The van der Waals surface area contributed by atoms with Crippen LogP contribution < -0.4 is 4.90 Å². The molecule has 58 valence electrons. The molecule has 0 spiro atoms. The average molecular weight is 171 g/mol. The zero-order valence-electron chi connectivity index (χ0n) is 6.21. The van der Waals surface area contributed by atoms with Gasteiger partial charge in [-0.15, -0.1) is 0 Å². The second-order valence-electron chi connectivity index (χ2n) is 2.69. The van der Waals surface area contributed by atoms with Gasteiger partial charge in [0.2, 0.25) is 5.84 Å². The molecule has 3 nitrogen and oxygen atoms in total. The smallest absolute Gasteiger partial charge is 0.236 e. The molecule has 2 aliphatic rings. The highest BCUT2D eigenvalue weighted by Crippen LogP contribution is 2.05. The van der Waals surface area contributed by atoms with Crippen molar-refractivity contribution in [3.05, 3.63) is 24.2 Å². The second-order valence-corrected chi connectivity index (χ2v) is 3.12. The van der Waals surface area contributed by atoms with Crippen molar-refractivity contribution in [2.45, 2.75) is 6.92 Å². The first-order valence-corrected chi connectivity index (χ1v) is 3.83. The number of nitrogens with zero attached hydrogens (tertiary/aromatic N) is 2. The van der Waals surface area contributed by atoms with Crippen LogP contribution in [0.5, 0.6) is 0 Å². The van der Waals surface area contributed by atoms with Gasteiger partial charge < -0.3 is 0 Å². The van der Waals surface area contributed by atoms with E-state index in [1.54, 1.807) is 4.42 Å². The van der Waals surface area contributed by atoms with E-state index in [4.69, 9.17) is 11.8 Å². The molecule has 0 aromatic heterocycles. The first-order valence-electron chi connectivity index (χ1n) is 3.49. The van der Waals surface area contributed by atoms with Gasteiger partial charge in [-0.05, 0) is 6.92 Å². The predicted octanol–water partition coefficient (Wildman–Crippen LogP) is 0.0853. The van der Waals surface area contributed by atoms with Crippen LogP contribution in [-0.4, -0.2) is 16.9 Å². The summed E-state index contributed by atoms with van der Waals surface area (Å²) < 4.78 is 1.65. The maximum atomic E-state index is 5.83. The number of quaternary nitrogens is 1. The second kappa shape index (κ2) is 2.36. The third-order valence-corrected chi connectivity index (χ3v) is 2.03. The van der Waals surface area contributed by atoms with Gasteiger partial charge in [-0.1, -0.05) is 0 Å². The van der Waals surface area contributed by atoms with Gasteiger partial charge in [0.15, 0.2) is 6.67 Å². The number of amidine groups is 1. The molecule has 2 heterocycles. The Hall–Kier alpha value is -0.800. The normalized spacial score (nSPS) is 28.2. The summed E-state index contributed by atoms with van der Waals surface area (Å²) in [6.07, 6.45) is 5.72. The van der Waals surface area contributed by atoms with E-state index in [9.17, 15) is 0 Å². The summed E-state index contributed by atoms with van der Waals surface area (Å²) in [7, 11) is 0. The predicted molar refractivity (Wildman–Crippen MR) is 43.9 cm³/mol. The summed E-state index contributed by atoms with van der Waals surface area (Å²) in [6, 6.07) is 0. The molecular weight excluding hydrogens is 162 g/mol. The standard InChI is InChI=1S/C7H8ClN3/c1-6-4-11(8)5-10-3-2-9-7(6)10/h2-4H,5H2,1H3/p+1. The van der Waals surface area contributed by atoms with Crippen molar-refractivity contribution < 1.29 is 4.90 Å². The highest BCUT2D eigenvalue weighted by Gasteiger charge is 2.26. The van der Waals surface area contributed by atoms with Gasteiger partial charge in [0.25, 0.3) is 0 Å². The lowest BCUT2D eigenvalue weighted by Gasteiger charge is -2.22. The summed E-state index contributed by atoms with van der Waals surface area (Å²) in [5, 5.41) is 0. The van der Waals surface area contributed by atoms with Gasteiger partial charge in [0.05, 0.1) is 6.20 Å². The van der Waals surface area contributed by atoms with Crippen molar-refractivity contribution in [3.63, 3.8) is 0 Å². The summed E-state index contributed by atoms with van der Waals surface area (Å²) >= 11 is 5.83. The van der Waals surface area contributed by atoms with Crippen LogP contribution in [0.25, 0.3) is 0 Å². The van der Waals surface area contributed by atoms with Crippen LogP contribution in [0.15, 0.2) is 29.2 Å². The summed E-state index contributed by atoms with van der Waals surface area (Å²) in [5.74, 6) is 1.09. The molecule has 0 fully saturated rings. The number of nitrogens with one attached hydrogen (secondary N) is 1. The minimum atomic E-state index is 0.758. The van der Waals surface area contributed by atoms with Gasteiger partial charge in [-0.25, -0.2) is 9.32 Å². The van der Waals surface area contributed by atoms with E-state index in [0.29, 0.717) is 0 Å². The highest BCUT2D eigenvalue weighted by atomic mass is 35.5. The van der Waals surface area contributed by atoms with Crippen LogP contribution in [-0.2, 0) is 0 Å². The lowest BCUT2D eigenvalue weighted by molar-refractivity contribution is -0.755. The first-order chi connectivity index (χ1) is 5.27. The van der Waals surface area contributed by atoms with Gasteiger partial charge in [0, 0.05) is 23.5 Å². The minimum Gasteiger partial charge on any atom is -0.242 e. The quantitative estimate of drug-likeness (QED) is 0.511. The fraction of sp³-hybridized carbons (Fsp3) is 0.286. The van der Waals surface area contributed by atoms with Crippen molar-refractivity contribution >= 4 is 17.6 Å². The monoisotopic (exact) mass is 170 g/mol. The number of hydrogen-bond donors (Lipinski definition) is 1. The maximum Gasteiger partial charge on any atom is 0.236 e. The summed E-state index contributed by atoms with van der Waals surface area (Å²) in [6.45, 7) is 2.77. The van der Waals surface area contributed by atoms with Gasteiger partial charge in [-0.2, -0.15) is 4.99 Å². The Morgan fingerprint density at radius 3 is 3.36 bits per heavy atom. The molecule has 2 rings (SSSR count). The van der Waals surface area contributed by atoms with E-state index in [1.807, 2.05) is 25.5 Å². The molecule has 1 unspecified atom stereocenters. The number of fused-ring (bicyclic) bond motifs is 1. The van der Waals surface area contributed by atoms with Crippen molar-refractivity contribution in [2.24, 2.45) is 4.99 Å². The van der Waals surface area contributed by atoms with Crippen LogP contribution in [0.1, 0.15) is 6.92 Å². The Morgan fingerprint density at radius 1 is 1.73 bits per heavy atom. The molecule has 0 aromatic rings. The van der Waals surface area contributed by atoms with Crippen LogP contribution >= 0.6 is 11.8 Å². The van der Waals surface area contributed by atoms with E-state index in [1.165, 1.54) is 4.90 Å². The molecule has 11 heavy (non-hydrogen) atoms. The number of hydrogen-bond acceptors (Lipinski definition) is 2. The fourth-order valence-corrected chi connectivity index (χ4v) is 1.60. The Bertz CT molecular complexity index is 267. The highest BCUT2D eigenvalue weighted by molar-refractivity contribution is 6.14. The van der Waals surface area contributed by atoms with E-state index < -0.39 is 0 Å². The lowest BCUT2D eigenvalue weighted by atomic mass is 10.2. The molecule has 1 N–H and O–H groups in total. The third kappa shape index (κ3) is 1.06. The van der Waals surface area contributed by atoms with Crippen molar-refractivity contribution in [2.75, 3.05) is 6.67 Å². The van der Waals surface area contributed by atoms with Crippen LogP contribution in [0.4, 0.5) is 0 Å². The van der Waals surface area contributed by atoms with Crippen LogP contribution in [0, 0.1) is 0 Å². The lowest BCUT2D eigenvalue weighted by Crippen LogP contribution is -3.11. The van der Waals surface area contributed by atoms with Gasteiger partial charge in [-0.3, -0.25) is 0 Å². The Kier molecular flexibility index (Phi) is 1.47. The largest absolute Gasteiger partial charge is 0.242 e. The van der Waals surface area contributed by atoms with Gasteiger partial charge in [0.1, 0.15) is 6.20 Å². The summed E-state index contributed by atoms with van der Waals surface area (Å²) in [4.78, 5) is 5.43. The molecule has 0 aromatic carbocycles. The van der Waals surface area contributed by atoms with Gasteiger partial charge >= 0.3 is 0 Å². The molecule has 2 aliphatic heterocycles. The first kappa shape index (κ1) is 6.88. The molecule has 1 atom stereocenters. The molecule has 4 heteroatoms. The third-order valence-electron chi connectivity index (χ3n) is 1.81. The molecule has 0 amide bonds. The molecular formula is C7H9ClN3+.